The molecule has 3 heterocycles. The Morgan fingerprint density at radius 3 is 2.06 bits per heavy atom. The largest absolute Gasteiger partial charge is 0.477 e. The second-order valence-electron chi connectivity index (χ2n) is 14.0. The number of nitrogens with zero attached hydrogens (tertiary/aromatic N) is 5. The van der Waals surface area contributed by atoms with Gasteiger partial charge in [-0.1, -0.05) is 44.7 Å². The Labute approximate surface area is 324 Å². The maximum absolute atomic E-state index is 11.7. The summed E-state index contributed by atoms with van der Waals surface area (Å²) in [6.45, 7) is 11.9. The average molecular weight is 774 g/mol. The minimum Gasteiger partial charge on any atom is -0.477 e. The first-order valence-corrected chi connectivity index (χ1v) is 19.8. The van der Waals surface area contributed by atoms with Crippen molar-refractivity contribution in [1.82, 2.24) is 19.8 Å². The van der Waals surface area contributed by atoms with Crippen LogP contribution in [-0.2, 0) is 25.5 Å². The lowest BCUT2D eigenvalue weighted by molar-refractivity contribution is -0.101. The number of aromatic nitrogens is 2. The Hall–Kier alpha value is -3.20. The summed E-state index contributed by atoms with van der Waals surface area (Å²) in [5.41, 5.74) is 1.53. The topological polar surface area (TPSA) is 188 Å². The first-order valence-electron chi connectivity index (χ1n) is 19.0. The number of thioether (sulfide) groups is 1. The summed E-state index contributed by atoms with van der Waals surface area (Å²) in [6.07, 6.45) is 6.96. The molecule has 4 rings (SSSR count). The van der Waals surface area contributed by atoms with E-state index in [1.54, 1.807) is 12.1 Å². The number of hydrogen-bond donors (Lipinski definition) is 3. The highest BCUT2D eigenvalue weighted by Gasteiger charge is 2.28. The number of aromatic carboxylic acids is 2. The highest BCUT2D eigenvalue weighted by Crippen LogP contribution is 2.27. The molecule has 3 atom stereocenters. The lowest BCUT2D eigenvalue weighted by Crippen LogP contribution is -2.40. The molecular weight excluding hydrogens is 715 g/mol. The number of fused-ring (bicyclic) bond motifs is 1. The second kappa shape index (κ2) is 25.1. The molecule has 0 bridgehead atoms. The van der Waals surface area contributed by atoms with Gasteiger partial charge in [-0.3, -0.25) is 9.80 Å². The van der Waals surface area contributed by atoms with E-state index in [4.69, 9.17) is 29.3 Å². The number of thiocyanates is 1. The molecule has 1 saturated heterocycles. The van der Waals surface area contributed by atoms with E-state index in [2.05, 4.69) is 26.7 Å². The van der Waals surface area contributed by atoms with Crippen molar-refractivity contribution in [3.05, 3.63) is 59.2 Å². The summed E-state index contributed by atoms with van der Waals surface area (Å²) >= 11 is 1.09. The van der Waals surface area contributed by atoms with Crippen LogP contribution in [0, 0.1) is 10.7 Å². The van der Waals surface area contributed by atoms with Gasteiger partial charge in [0.1, 0.15) is 16.8 Å². The number of ether oxygens (including phenoxy) is 4. The summed E-state index contributed by atoms with van der Waals surface area (Å²) in [4.78, 5) is 36.4. The molecule has 2 aromatic rings. The third-order valence-electron chi connectivity index (χ3n) is 9.26. The number of hydrogen-bond acceptors (Lipinski definition) is 13. The Bertz CT molecular complexity index is 1450. The van der Waals surface area contributed by atoms with Gasteiger partial charge in [-0.2, -0.15) is 5.26 Å². The van der Waals surface area contributed by atoms with Gasteiger partial charge in [0.25, 0.3) is 0 Å². The molecule has 0 amide bonds. The van der Waals surface area contributed by atoms with Crippen LogP contribution in [0.5, 0.6) is 0 Å². The van der Waals surface area contributed by atoms with Gasteiger partial charge in [-0.05, 0) is 69.1 Å². The summed E-state index contributed by atoms with van der Waals surface area (Å²) in [7, 11) is 0. The fourth-order valence-corrected chi connectivity index (χ4v) is 6.54. The Morgan fingerprint density at radius 2 is 1.46 bits per heavy atom. The van der Waals surface area contributed by atoms with Crippen molar-refractivity contribution < 1.29 is 43.9 Å². The molecule has 15 heteroatoms. The molecule has 0 spiro atoms. The summed E-state index contributed by atoms with van der Waals surface area (Å²) in [5.74, 6) is -2.07. The summed E-state index contributed by atoms with van der Waals surface area (Å²) in [6, 6.07) is 10.2. The molecule has 1 aliphatic carbocycles. The Morgan fingerprint density at radius 1 is 0.889 bits per heavy atom. The normalized spacial score (nSPS) is 20.9. The standard InChI is InChI=1S/C34H50N4O8.C5H9NOS/c1-2-3-12-30(27-9-7-11-29(36-27)34(41)42)38-17-20-44-24-23-43-19-15-37(25-26-8-6-10-28(35-26)33(39)40)16-21-45-31-13-4-5-14-32(31)46-22-18-38;1-5(2,3-7)8-4-6/h6-11,30-32H,2-5,12-25H2,1H3,(H,39,40)(H,41,42);7H,3H2,1-2H3. The van der Waals surface area contributed by atoms with Crippen LogP contribution in [-0.4, -0.2) is 136 Å². The fourth-order valence-electron chi connectivity index (χ4n) is 6.23. The van der Waals surface area contributed by atoms with Crippen molar-refractivity contribution in [2.24, 2.45) is 0 Å². The van der Waals surface area contributed by atoms with E-state index >= 15 is 0 Å². The van der Waals surface area contributed by atoms with Crippen LogP contribution in [0.4, 0.5) is 0 Å². The number of carboxylic acids is 2. The van der Waals surface area contributed by atoms with Crippen LogP contribution in [0.1, 0.15) is 104 Å². The SMILES string of the molecule is CC(C)(CO)SC#N.CCCCC(c1cccc(C(=O)O)n1)N1CCOCCOCCN(Cc2cccc(C(=O)O)n2)CCOC2CCCCC2OCC1. The molecule has 54 heavy (non-hydrogen) atoms. The number of aliphatic hydroxyl groups is 1. The van der Waals surface area contributed by atoms with E-state index in [1.807, 2.05) is 31.4 Å². The summed E-state index contributed by atoms with van der Waals surface area (Å²) in [5, 5.41) is 37.5. The molecule has 0 radical (unpaired) electrons. The van der Waals surface area contributed by atoms with Crippen molar-refractivity contribution in [2.45, 2.75) is 95.3 Å². The zero-order chi connectivity index (χ0) is 39.2. The molecule has 2 fully saturated rings. The maximum atomic E-state index is 11.7. The monoisotopic (exact) mass is 773 g/mol. The minimum atomic E-state index is -1.04. The van der Waals surface area contributed by atoms with Gasteiger partial charge in [-0.25, -0.2) is 19.6 Å². The van der Waals surface area contributed by atoms with Crippen LogP contribution < -0.4 is 0 Å². The van der Waals surface area contributed by atoms with Crippen molar-refractivity contribution >= 4 is 23.7 Å². The van der Waals surface area contributed by atoms with Gasteiger partial charge < -0.3 is 34.3 Å². The summed E-state index contributed by atoms with van der Waals surface area (Å²) < 4.78 is 24.5. The predicted octanol–water partition coefficient (Wildman–Crippen LogP) is 5.27. The second-order valence-corrected chi connectivity index (χ2v) is 15.5. The zero-order valence-corrected chi connectivity index (χ0v) is 32.9. The van der Waals surface area contributed by atoms with Crippen molar-refractivity contribution in [3.8, 4) is 5.40 Å². The van der Waals surface area contributed by atoms with Crippen LogP contribution in [0.2, 0.25) is 0 Å². The molecule has 2 aromatic heterocycles. The van der Waals surface area contributed by atoms with Gasteiger partial charge in [0, 0.05) is 37.5 Å². The fraction of sp³-hybridized carbons (Fsp3) is 0.667. The van der Waals surface area contributed by atoms with E-state index in [-0.39, 0.29) is 41.0 Å². The highest BCUT2D eigenvalue weighted by atomic mass is 32.2. The number of nitriles is 1. The van der Waals surface area contributed by atoms with Crippen molar-refractivity contribution in [2.75, 3.05) is 72.4 Å². The van der Waals surface area contributed by atoms with E-state index in [1.165, 1.54) is 12.1 Å². The number of pyridine rings is 2. The number of carboxylic acid groups (broad SMARTS) is 2. The lowest BCUT2D eigenvalue weighted by Gasteiger charge is -2.35. The first-order chi connectivity index (χ1) is 26.1. The molecule has 300 valence electrons. The van der Waals surface area contributed by atoms with Crippen LogP contribution in [0.25, 0.3) is 0 Å². The molecule has 1 saturated carbocycles. The van der Waals surface area contributed by atoms with Crippen LogP contribution in [0.3, 0.4) is 0 Å². The molecule has 1 aliphatic heterocycles. The van der Waals surface area contributed by atoms with Crippen LogP contribution in [0.15, 0.2) is 36.4 Å². The van der Waals surface area contributed by atoms with E-state index in [0.717, 1.165) is 62.4 Å². The van der Waals surface area contributed by atoms with Crippen LogP contribution >= 0.6 is 11.8 Å². The molecule has 3 unspecified atom stereocenters. The number of unbranched alkanes of at least 4 members (excludes halogenated alkanes) is 1. The first kappa shape index (κ1) is 45.2. The van der Waals surface area contributed by atoms with E-state index in [0.29, 0.717) is 78.1 Å². The zero-order valence-electron chi connectivity index (χ0n) is 32.1. The van der Waals surface area contributed by atoms with Gasteiger partial charge in [0.05, 0.1) is 75.9 Å². The molecule has 14 nitrogen and oxygen atoms in total. The lowest BCUT2D eigenvalue weighted by atomic mass is 9.94. The third-order valence-corrected chi connectivity index (χ3v) is 10.0. The van der Waals surface area contributed by atoms with Gasteiger partial charge >= 0.3 is 11.9 Å². The maximum Gasteiger partial charge on any atom is 0.354 e. The quantitative estimate of drug-likeness (QED) is 0.251. The van der Waals surface area contributed by atoms with Gasteiger partial charge in [0.15, 0.2) is 0 Å². The predicted molar refractivity (Wildman–Crippen MR) is 205 cm³/mol. The Balaban J connectivity index is 0.000000879. The van der Waals surface area contributed by atoms with Gasteiger partial charge in [-0.15, -0.1) is 0 Å². The van der Waals surface area contributed by atoms with Crippen molar-refractivity contribution in [3.63, 3.8) is 0 Å². The van der Waals surface area contributed by atoms with Crippen molar-refractivity contribution in [1.29, 1.82) is 5.26 Å². The van der Waals surface area contributed by atoms with Gasteiger partial charge in [0.2, 0.25) is 0 Å². The highest BCUT2D eigenvalue weighted by molar-refractivity contribution is 8.05. The minimum absolute atomic E-state index is 0.000725. The molecule has 2 aliphatic rings. The van der Waals surface area contributed by atoms with E-state index in [9.17, 15) is 19.8 Å². The number of rotatable bonds is 11. The molecule has 0 aromatic carbocycles. The smallest absolute Gasteiger partial charge is 0.354 e. The number of aliphatic hydroxyl groups excluding tert-OH is 1. The molecular formula is C39H59N5O9S. The van der Waals surface area contributed by atoms with E-state index < -0.39 is 11.9 Å². The average Bonchev–Trinajstić information content (AvgIpc) is 3.16. The third kappa shape index (κ3) is 16.7. The number of carbonyl (C=O) groups is 2. The Kier molecular flexibility index (Phi) is 21.0. The molecule has 3 N–H and O–H groups in total.